The van der Waals surface area contributed by atoms with E-state index in [0.29, 0.717) is 11.5 Å². The first-order chi connectivity index (χ1) is 12.1. The van der Waals surface area contributed by atoms with Crippen LogP contribution in [0, 0.1) is 5.92 Å². The Kier molecular flexibility index (Phi) is 8.20. The highest BCUT2D eigenvalue weighted by Crippen LogP contribution is 2.47. The van der Waals surface area contributed by atoms with Gasteiger partial charge in [-0.25, -0.2) is 0 Å². The summed E-state index contributed by atoms with van der Waals surface area (Å²) < 4.78 is 0. The van der Waals surface area contributed by atoms with E-state index in [1.807, 2.05) is 7.05 Å². The molecule has 1 aliphatic carbocycles. The maximum absolute atomic E-state index is 4.43. The van der Waals surface area contributed by atoms with Crippen LogP contribution in [-0.2, 0) is 5.41 Å². The van der Waals surface area contributed by atoms with Crippen LogP contribution in [-0.4, -0.2) is 50.1 Å². The van der Waals surface area contributed by atoms with Crippen LogP contribution < -0.4 is 10.6 Å². The summed E-state index contributed by atoms with van der Waals surface area (Å²) in [6, 6.07) is 11.6. The van der Waals surface area contributed by atoms with Crippen LogP contribution in [0.25, 0.3) is 0 Å². The predicted octanol–water partition coefficient (Wildman–Crippen LogP) is 3.62. The number of rotatable bonds is 6. The molecule has 1 aliphatic heterocycles. The summed E-state index contributed by atoms with van der Waals surface area (Å²) >= 11 is 0. The van der Waals surface area contributed by atoms with Crippen LogP contribution >= 0.6 is 24.0 Å². The zero-order valence-electron chi connectivity index (χ0n) is 16.5. The van der Waals surface area contributed by atoms with Gasteiger partial charge in [0, 0.05) is 38.1 Å². The van der Waals surface area contributed by atoms with Gasteiger partial charge in [-0.3, -0.25) is 4.99 Å². The number of hydrogen-bond acceptors (Lipinski definition) is 2. The Bertz CT molecular complexity index is 569. The highest BCUT2D eigenvalue weighted by molar-refractivity contribution is 14.0. The number of halogens is 1. The lowest BCUT2D eigenvalue weighted by atomic mass is 9.96. The van der Waals surface area contributed by atoms with E-state index in [0.717, 1.165) is 25.0 Å². The van der Waals surface area contributed by atoms with Crippen LogP contribution in [0.3, 0.4) is 0 Å². The number of benzene rings is 1. The fourth-order valence-corrected chi connectivity index (χ4v) is 3.96. The Morgan fingerprint density at radius 3 is 2.58 bits per heavy atom. The third kappa shape index (κ3) is 5.59. The molecule has 1 aromatic rings. The quantitative estimate of drug-likeness (QED) is 0.379. The average Bonchev–Trinajstić information content (AvgIpc) is 3.44. The van der Waals surface area contributed by atoms with Gasteiger partial charge in [0.15, 0.2) is 5.96 Å². The fourth-order valence-electron chi connectivity index (χ4n) is 3.96. The number of hydrogen-bond donors (Lipinski definition) is 2. The van der Waals surface area contributed by atoms with Gasteiger partial charge < -0.3 is 15.5 Å². The number of nitrogens with one attached hydrogen (secondary N) is 2. The monoisotopic (exact) mass is 470 g/mol. The summed E-state index contributed by atoms with van der Waals surface area (Å²) in [5.41, 5.74) is 1.77. The van der Waals surface area contributed by atoms with Crippen molar-refractivity contribution < 1.29 is 0 Å². The summed E-state index contributed by atoms with van der Waals surface area (Å²) in [5, 5.41) is 7.13. The topological polar surface area (TPSA) is 39.7 Å². The molecule has 5 heteroatoms. The molecule has 0 bridgehead atoms. The van der Waals surface area contributed by atoms with E-state index in [4.69, 9.17) is 0 Å². The molecule has 4 nitrogen and oxygen atoms in total. The minimum absolute atomic E-state index is 0. The molecule has 3 rings (SSSR count). The van der Waals surface area contributed by atoms with E-state index in [2.05, 4.69) is 64.7 Å². The lowest BCUT2D eigenvalue weighted by molar-refractivity contribution is 0.141. The molecule has 1 aromatic carbocycles. The molecule has 1 atom stereocenters. The van der Waals surface area contributed by atoms with Crippen molar-refractivity contribution in [1.29, 1.82) is 0 Å². The van der Waals surface area contributed by atoms with E-state index >= 15 is 0 Å². The van der Waals surface area contributed by atoms with Gasteiger partial charge in [-0.2, -0.15) is 0 Å². The Morgan fingerprint density at radius 1 is 1.23 bits per heavy atom. The van der Waals surface area contributed by atoms with Gasteiger partial charge in [0.1, 0.15) is 0 Å². The lowest BCUT2D eigenvalue weighted by Gasteiger charge is -2.35. The van der Waals surface area contributed by atoms with Crippen LogP contribution in [0.15, 0.2) is 35.3 Å². The molecule has 1 heterocycles. The van der Waals surface area contributed by atoms with Crippen molar-refractivity contribution in [3.63, 3.8) is 0 Å². The third-order valence-electron chi connectivity index (χ3n) is 5.90. The standard InChI is InChI=1S/C21H34N4.HI/c1-17(2)25-13-7-8-18(15-25)14-23-20(22-3)24-16-21(11-12-21)19-9-5-4-6-10-19;/h4-6,9-10,17-18H,7-8,11-16H2,1-3H3,(H2,22,23,24);1H. The molecule has 0 radical (unpaired) electrons. The second kappa shape index (κ2) is 9.93. The molecule has 2 aliphatic rings. The Hall–Kier alpha value is -0.820. The first-order valence-electron chi connectivity index (χ1n) is 9.87. The molecule has 0 aromatic heterocycles. The van der Waals surface area contributed by atoms with Crippen molar-refractivity contribution in [3.8, 4) is 0 Å². The van der Waals surface area contributed by atoms with E-state index < -0.39 is 0 Å². The number of piperidine rings is 1. The van der Waals surface area contributed by atoms with Crippen molar-refractivity contribution in [1.82, 2.24) is 15.5 Å². The summed E-state index contributed by atoms with van der Waals surface area (Å²) in [7, 11) is 1.87. The van der Waals surface area contributed by atoms with Crippen LogP contribution in [0.4, 0.5) is 0 Å². The molecular formula is C21H35IN4. The normalized spacial score (nSPS) is 22.6. The van der Waals surface area contributed by atoms with E-state index in [-0.39, 0.29) is 24.0 Å². The van der Waals surface area contributed by atoms with Gasteiger partial charge >= 0.3 is 0 Å². The number of aliphatic imine (C=N–C) groups is 1. The van der Waals surface area contributed by atoms with Crippen molar-refractivity contribution in [2.24, 2.45) is 10.9 Å². The molecule has 0 amide bonds. The first kappa shape index (κ1) is 21.5. The van der Waals surface area contributed by atoms with Crippen molar-refractivity contribution in [2.45, 2.75) is 51.0 Å². The molecular weight excluding hydrogens is 435 g/mol. The molecule has 1 saturated carbocycles. The first-order valence-corrected chi connectivity index (χ1v) is 9.87. The van der Waals surface area contributed by atoms with Gasteiger partial charge in [-0.1, -0.05) is 30.3 Å². The second-order valence-electron chi connectivity index (χ2n) is 8.05. The minimum atomic E-state index is 0. The zero-order valence-corrected chi connectivity index (χ0v) is 18.8. The van der Waals surface area contributed by atoms with Crippen molar-refractivity contribution >= 4 is 29.9 Å². The van der Waals surface area contributed by atoms with Crippen LogP contribution in [0.5, 0.6) is 0 Å². The summed E-state index contributed by atoms with van der Waals surface area (Å²) in [4.78, 5) is 7.03. The highest BCUT2D eigenvalue weighted by atomic mass is 127. The zero-order chi connectivity index (χ0) is 17.7. The maximum Gasteiger partial charge on any atom is 0.191 e. The highest BCUT2D eigenvalue weighted by Gasteiger charge is 2.44. The van der Waals surface area contributed by atoms with Gasteiger partial charge in [0.25, 0.3) is 0 Å². The lowest BCUT2D eigenvalue weighted by Crippen LogP contribution is -2.47. The summed E-state index contributed by atoms with van der Waals surface area (Å²) in [6.07, 6.45) is 5.18. The number of guanidine groups is 1. The largest absolute Gasteiger partial charge is 0.356 e. The van der Waals surface area contributed by atoms with Crippen LogP contribution in [0.1, 0.15) is 45.1 Å². The molecule has 26 heavy (non-hydrogen) atoms. The predicted molar refractivity (Wildman–Crippen MR) is 122 cm³/mol. The average molecular weight is 470 g/mol. The summed E-state index contributed by atoms with van der Waals surface area (Å²) in [6.45, 7) is 9.04. The van der Waals surface area contributed by atoms with Gasteiger partial charge in [-0.15, -0.1) is 24.0 Å². The van der Waals surface area contributed by atoms with E-state index in [9.17, 15) is 0 Å². The van der Waals surface area contributed by atoms with Gasteiger partial charge in [0.05, 0.1) is 0 Å². The van der Waals surface area contributed by atoms with Gasteiger partial charge in [-0.05, 0) is 57.6 Å². The smallest absolute Gasteiger partial charge is 0.191 e. The van der Waals surface area contributed by atoms with Gasteiger partial charge in [0.2, 0.25) is 0 Å². The Morgan fingerprint density at radius 2 is 1.96 bits per heavy atom. The molecule has 2 N–H and O–H groups in total. The Balaban J connectivity index is 0.00000243. The number of nitrogens with zero attached hydrogens (tertiary/aromatic N) is 2. The van der Waals surface area contributed by atoms with Crippen molar-refractivity contribution in [3.05, 3.63) is 35.9 Å². The molecule has 0 spiro atoms. The minimum Gasteiger partial charge on any atom is -0.356 e. The molecule has 146 valence electrons. The van der Waals surface area contributed by atoms with E-state index in [1.165, 1.54) is 44.3 Å². The SMILES string of the molecule is CN=C(NCC1CCCN(C(C)C)C1)NCC1(c2ccccc2)CC1.I. The second-order valence-corrected chi connectivity index (χ2v) is 8.05. The van der Waals surface area contributed by atoms with Crippen molar-refractivity contribution in [2.75, 3.05) is 33.2 Å². The summed E-state index contributed by atoms with van der Waals surface area (Å²) in [5.74, 6) is 1.67. The molecule has 2 fully saturated rings. The van der Waals surface area contributed by atoms with E-state index in [1.54, 1.807) is 0 Å². The molecule has 1 saturated heterocycles. The molecule has 1 unspecified atom stereocenters. The maximum atomic E-state index is 4.43. The van der Waals surface area contributed by atoms with Crippen LogP contribution in [0.2, 0.25) is 0 Å². The fraction of sp³-hybridized carbons (Fsp3) is 0.667. The Labute approximate surface area is 176 Å². The number of likely N-dealkylation sites (tertiary alicyclic amines) is 1. The third-order valence-corrected chi connectivity index (χ3v) is 5.90.